The topological polar surface area (TPSA) is 99.3 Å². The highest BCUT2D eigenvalue weighted by atomic mass is 35.5. The molecule has 1 aliphatic carbocycles. The summed E-state index contributed by atoms with van der Waals surface area (Å²) in [6.45, 7) is 0. The fourth-order valence-electron chi connectivity index (χ4n) is 3.99. The first-order chi connectivity index (χ1) is 15.0. The van der Waals surface area contributed by atoms with Gasteiger partial charge in [0.05, 0.1) is 30.3 Å². The number of carbonyl (C=O) groups is 1. The van der Waals surface area contributed by atoms with Crippen molar-refractivity contribution in [3.05, 3.63) is 58.9 Å². The first-order valence-corrected chi connectivity index (χ1v) is 10.9. The number of nitrogens with zero attached hydrogens (tertiary/aromatic N) is 1. The highest BCUT2D eigenvalue weighted by Gasteiger charge is 2.24. The molecule has 1 aromatic heterocycles. The maximum Gasteiger partial charge on any atom is 0.315 e. The number of aliphatic hydroxyl groups is 1. The summed E-state index contributed by atoms with van der Waals surface area (Å²) in [6.07, 6.45) is 3.29. The Morgan fingerprint density at radius 1 is 1.23 bits per heavy atom. The highest BCUT2D eigenvalue weighted by Crippen LogP contribution is 2.24. The largest absolute Gasteiger partial charge is 0.497 e. The maximum atomic E-state index is 12.8. The molecule has 4 rings (SSSR count). The molecule has 4 N–H and O–H groups in total. The summed E-state index contributed by atoms with van der Waals surface area (Å²) < 4.78 is 5.24. The van der Waals surface area contributed by atoms with Crippen LogP contribution in [0.5, 0.6) is 5.75 Å². The molecule has 1 atom stereocenters. The summed E-state index contributed by atoms with van der Waals surface area (Å²) in [7, 11) is 1.63. The number of fused-ring (bicyclic) bond motifs is 1. The number of aromatic amines is 1. The van der Waals surface area contributed by atoms with E-state index in [1.54, 1.807) is 13.2 Å². The zero-order valence-electron chi connectivity index (χ0n) is 17.4. The number of urea groups is 1. The van der Waals surface area contributed by atoms with E-state index in [0.29, 0.717) is 30.1 Å². The van der Waals surface area contributed by atoms with Crippen LogP contribution in [0.15, 0.2) is 42.5 Å². The highest BCUT2D eigenvalue weighted by molar-refractivity contribution is 6.31. The zero-order valence-corrected chi connectivity index (χ0v) is 18.2. The van der Waals surface area contributed by atoms with Crippen LogP contribution in [0.4, 0.5) is 4.79 Å². The van der Waals surface area contributed by atoms with Crippen LogP contribution in [0.3, 0.4) is 0 Å². The third-order valence-electron chi connectivity index (χ3n) is 5.73. The molecule has 7 nitrogen and oxygen atoms in total. The van der Waals surface area contributed by atoms with Gasteiger partial charge in [-0.2, -0.15) is 0 Å². The molecule has 0 spiro atoms. The summed E-state index contributed by atoms with van der Waals surface area (Å²) in [5, 5.41) is 16.4. The molecular weight excluding hydrogens is 416 g/mol. The summed E-state index contributed by atoms with van der Waals surface area (Å²) >= 11 is 6.11. The molecule has 2 aromatic carbocycles. The van der Waals surface area contributed by atoms with Crippen LogP contribution >= 0.6 is 11.6 Å². The van der Waals surface area contributed by atoms with Crippen LogP contribution in [0.25, 0.3) is 11.0 Å². The van der Waals surface area contributed by atoms with Crippen molar-refractivity contribution in [3.63, 3.8) is 0 Å². The van der Waals surface area contributed by atoms with Crippen molar-refractivity contribution in [3.8, 4) is 5.75 Å². The third kappa shape index (κ3) is 5.48. The van der Waals surface area contributed by atoms with E-state index in [1.807, 2.05) is 36.4 Å². The number of ether oxygens (including phenoxy) is 1. The van der Waals surface area contributed by atoms with Crippen molar-refractivity contribution < 1.29 is 14.6 Å². The Labute approximate surface area is 186 Å². The van der Waals surface area contributed by atoms with Crippen molar-refractivity contribution >= 4 is 28.7 Å². The normalized spacial score (nSPS) is 19.7. The Hall–Kier alpha value is -2.77. The fraction of sp³-hybridized carbons (Fsp3) is 0.391. The lowest BCUT2D eigenvalue weighted by Gasteiger charge is -2.27. The molecule has 31 heavy (non-hydrogen) atoms. The molecule has 0 aliphatic heterocycles. The predicted molar refractivity (Wildman–Crippen MR) is 120 cm³/mol. The number of nitrogens with one attached hydrogen (secondary N) is 3. The second kappa shape index (κ2) is 9.58. The molecule has 0 bridgehead atoms. The second-order valence-corrected chi connectivity index (χ2v) is 8.45. The maximum absolute atomic E-state index is 12.8. The van der Waals surface area contributed by atoms with E-state index in [4.69, 9.17) is 16.3 Å². The summed E-state index contributed by atoms with van der Waals surface area (Å²) in [5.41, 5.74) is 2.67. The number of hydrogen-bond acceptors (Lipinski definition) is 4. The van der Waals surface area contributed by atoms with Gasteiger partial charge in [-0.1, -0.05) is 23.7 Å². The van der Waals surface area contributed by atoms with E-state index in [0.717, 1.165) is 35.2 Å². The molecule has 1 fully saturated rings. The van der Waals surface area contributed by atoms with E-state index in [1.165, 1.54) is 0 Å². The van der Waals surface area contributed by atoms with Crippen LogP contribution < -0.4 is 15.4 Å². The molecule has 8 heteroatoms. The van der Waals surface area contributed by atoms with Gasteiger partial charge in [0.2, 0.25) is 0 Å². The lowest BCUT2D eigenvalue weighted by molar-refractivity contribution is 0.117. The molecule has 164 valence electrons. The lowest BCUT2D eigenvalue weighted by atomic mass is 9.93. The molecule has 0 radical (unpaired) electrons. The minimum Gasteiger partial charge on any atom is -0.497 e. The van der Waals surface area contributed by atoms with Gasteiger partial charge in [0.1, 0.15) is 11.6 Å². The van der Waals surface area contributed by atoms with Gasteiger partial charge in [0.25, 0.3) is 0 Å². The number of carbonyl (C=O) groups excluding carboxylic acids is 1. The molecule has 0 saturated heterocycles. The Kier molecular flexibility index (Phi) is 6.63. The quantitative estimate of drug-likeness (QED) is 0.461. The van der Waals surface area contributed by atoms with Gasteiger partial charge in [-0.05, 0) is 68.0 Å². The van der Waals surface area contributed by atoms with Gasteiger partial charge >= 0.3 is 6.03 Å². The van der Waals surface area contributed by atoms with E-state index in [2.05, 4.69) is 20.6 Å². The van der Waals surface area contributed by atoms with E-state index < -0.39 is 0 Å². The minimum atomic E-state index is -0.353. The van der Waals surface area contributed by atoms with Crippen LogP contribution in [-0.2, 0) is 6.42 Å². The molecule has 2 amide bonds. The summed E-state index contributed by atoms with van der Waals surface area (Å²) in [6, 6.07) is 12.7. The summed E-state index contributed by atoms with van der Waals surface area (Å²) in [5.74, 6) is 1.45. The number of aliphatic hydroxyl groups excluding tert-OH is 1. The molecular formula is C23H27ClN4O3. The predicted octanol–water partition coefficient (Wildman–Crippen LogP) is 4.11. The van der Waals surface area contributed by atoms with E-state index >= 15 is 0 Å². The smallest absolute Gasteiger partial charge is 0.315 e. The second-order valence-electron chi connectivity index (χ2n) is 8.01. The van der Waals surface area contributed by atoms with E-state index in [-0.39, 0.29) is 24.2 Å². The molecule has 1 aliphatic rings. The SMILES string of the molecule is COc1ccc(C[C@@H](NC(=O)N[C@H]2CC[C@H](O)CC2)c2nc3ccc(Cl)cc3[nH]2)cc1. The zero-order chi connectivity index (χ0) is 21.8. The van der Waals surface area contributed by atoms with Crippen LogP contribution in [-0.4, -0.2) is 40.4 Å². The number of benzene rings is 2. The number of halogens is 1. The van der Waals surface area contributed by atoms with Crippen LogP contribution in [0.1, 0.15) is 43.1 Å². The average Bonchev–Trinajstić information content (AvgIpc) is 3.18. The number of rotatable bonds is 6. The first kappa shape index (κ1) is 21.5. The Morgan fingerprint density at radius 3 is 2.68 bits per heavy atom. The van der Waals surface area contributed by atoms with Crippen molar-refractivity contribution in [1.29, 1.82) is 0 Å². The van der Waals surface area contributed by atoms with Crippen molar-refractivity contribution in [1.82, 2.24) is 20.6 Å². The van der Waals surface area contributed by atoms with Gasteiger partial charge in [-0.15, -0.1) is 0 Å². The number of hydrogen-bond donors (Lipinski definition) is 4. The molecule has 0 unspecified atom stereocenters. The number of H-pyrrole nitrogens is 1. The van der Waals surface area contributed by atoms with Crippen LogP contribution in [0, 0.1) is 0 Å². The fourth-order valence-corrected chi connectivity index (χ4v) is 4.16. The van der Waals surface area contributed by atoms with Crippen molar-refractivity contribution in [2.45, 2.75) is 50.3 Å². The average molecular weight is 443 g/mol. The van der Waals surface area contributed by atoms with Crippen LogP contribution in [0.2, 0.25) is 5.02 Å². The van der Waals surface area contributed by atoms with Gasteiger partial charge in [-0.25, -0.2) is 9.78 Å². The summed E-state index contributed by atoms with van der Waals surface area (Å²) in [4.78, 5) is 20.7. The van der Waals surface area contributed by atoms with Crippen molar-refractivity contribution in [2.24, 2.45) is 0 Å². The van der Waals surface area contributed by atoms with Gasteiger partial charge < -0.3 is 25.5 Å². The monoisotopic (exact) mass is 442 g/mol. The number of imidazole rings is 1. The first-order valence-electron chi connectivity index (χ1n) is 10.5. The Morgan fingerprint density at radius 2 is 1.97 bits per heavy atom. The standard InChI is InChI=1S/C23H27ClN4O3/c1-31-18-9-2-14(3-10-18)12-21(22-26-19-11-4-15(24)13-20(19)27-22)28-23(30)25-16-5-7-17(29)8-6-16/h2-4,9-11,13,16-17,21,29H,5-8,12H2,1H3,(H,26,27)(H2,25,28,30)/t16-,17-,21-/m1/s1. The third-order valence-corrected chi connectivity index (χ3v) is 5.96. The Bertz CT molecular complexity index is 1030. The van der Waals surface area contributed by atoms with E-state index in [9.17, 15) is 9.90 Å². The minimum absolute atomic E-state index is 0.0690. The molecule has 1 saturated carbocycles. The number of methoxy groups -OCH3 is 1. The van der Waals surface area contributed by atoms with Gasteiger partial charge in [0, 0.05) is 11.1 Å². The van der Waals surface area contributed by atoms with Gasteiger partial charge in [-0.3, -0.25) is 0 Å². The molecule has 3 aromatic rings. The van der Waals surface area contributed by atoms with Crippen molar-refractivity contribution in [2.75, 3.05) is 7.11 Å². The molecule has 1 heterocycles. The lowest BCUT2D eigenvalue weighted by Crippen LogP contribution is -2.45. The Balaban J connectivity index is 1.52. The van der Waals surface area contributed by atoms with Gasteiger partial charge in [0.15, 0.2) is 0 Å². The number of aromatic nitrogens is 2. The number of amides is 2.